The number of nitrogens with zero attached hydrogens (tertiary/aromatic N) is 1. The highest BCUT2D eigenvalue weighted by molar-refractivity contribution is 5.94. The summed E-state index contributed by atoms with van der Waals surface area (Å²) in [6.07, 6.45) is 6.31. The number of rotatable bonds is 4. The molecule has 0 saturated carbocycles. The lowest BCUT2D eigenvalue weighted by molar-refractivity contribution is 0.0949. The van der Waals surface area contributed by atoms with Gasteiger partial charge in [0.05, 0.1) is 0 Å². The van der Waals surface area contributed by atoms with E-state index >= 15 is 0 Å². The van der Waals surface area contributed by atoms with Crippen LogP contribution in [0.15, 0.2) is 24.3 Å². The number of terminal acetylenes is 1. The van der Waals surface area contributed by atoms with Crippen LogP contribution in [0.1, 0.15) is 22.3 Å². The third-order valence-corrected chi connectivity index (χ3v) is 3.34. The van der Waals surface area contributed by atoms with Gasteiger partial charge in [-0.1, -0.05) is 5.92 Å². The van der Waals surface area contributed by atoms with E-state index in [1.165, 1.54) is 0 Å². The minimum Gasteiger partial charge on any atom is -0.351 e. The van der Waals surface area contributed by atoms with Crippen LogP contribution in [0.2, 0.25) is 0 Å². The fourth-order valence-electron chi connectivity index (χ4n) is 2.21. The van der Waals surface area contributed by atoms with Crippen molar-refractivity contribution >= 4 is 5.91 Å². The van der Waals surface area contributed by atoms with Crippen LogP contribution in [0.5, 0.6) is 0 Å². The lowest BCUT2D eigenvalue weighted by Gasteiger charge is -2.15. The highest BCUT2D eigenvalue weighted by atomic mass is 16.1. The van der Waals surface area contributed by atoms with Crippen molar-refractivity contribution in [3.63, 3.8) is 0 Å². The second-order valence-electron chi connectivity index (χ2n) is 4.83. The van der Waals surface area contributed by atoms with Crippen molar-refractivity contribution in [1.29, 1.82) is 0 Å². The molecule has 100 valence electrons. The predicted octanol–water partition coefficient (Wildman–Crippen LogP) is 0.431. The van der Waals surface area contributed by atoms with Crippen LogP contribution in [0, 0.1) is 12.3 Å². The third kappa shape index (κ3) is 3.82. The van der Waals surface area contributed by atoms with Crippen molar-refractivity contribution in [2.24, 2.45) is 5.73 Å². The van der Waals surface area contributed by atoms with E-state index in [0.29, 0.717) is 12.1 Å². The van der Waals surface area contributed by atoms with E-state index in [2.05, 4.69) is 16.1 Å². The summed E-state index contributed by atoms with van der Waals surface area (Å²) in [5.74, 6) is 2.46. The van der Waals surface area contributed by atoms with Crippen LogP contribution < -0.4 is 11.1 Å². The Bertz CT molecular complexity index is 475. The maximum absolute atomic E-state index is 11.9. The molecule has 0 spiro atoms. The van der Waals surface area contributed by atoms with E-state index in [4.69, 9.17) is 12.2 Å². The van der Waals surface area contributed by atoms with E-state index < -0.39 is 0 Å². The summed E-state index contributed by atoms with van der Waals surface area (Å²) in [7, 11) is 0. The highest BCUT2D eigenvalue weighted by Crippen LogP contribution is 2.06. The zero-order valence-electron chi connectivity index (χ0n) is 10.9. The largest absolute Gasteiger partial charge is 0.351 e. The van der Waals surface area contributed by atoms with Crippen LogP contribution in [-0.4, -0.2) is 43.0 Å². The summed E-state index contributed by atoms with van der Waals surface area (Å²) >= 11 is 0. The monoisotopic (exact) mass is 257 g/mol. The van der Waals surface area contributed by atoms with Gasteiger partial charge in [-0.15, -0.1) is 6.42 Å². The molecule has 3 N–H and O–H groups in total. The molecule has 1 atom stereocenters. The van der Waals surface area contributed by atoms with Gasteiger partial charge in [-0.2, -0.15) is 0 Å². The molecule has 1 heterocycles. The summed E-state index contributed by atoms with van der Waals surface area (Å²) in [6.45, 7) is 3.44. The molecule has 2 rings (SSSR count). The molecule has 0 aromatic heterocycles. The number of carbonyl (C=O) groups excluding carboxylic acids is 1. The molecule has 1 unspecified atom stereocenters. The quantitative estimate of drug-likeness (QED) is 0.769. The molecule has 1 aliphatic heterocycles. The minimum atomic E-state index is -0.0629. The molecule has 19 heavy (non-hydrogen) atoms. The average Bonchev–Trinajstić information content (AvgIpc) is 2.84. The predicted molar refractivity (Wildman–Crippen MR) is 75.7 cm³/mol. The maximum Gasteiger partial charge on any atom is 0.251 e. The summed E-state index contributed by atoms with van der Waals surface area (Å²) in [4.78, 5) is 14.1. The Labute approximate surface area is 114 Å². The number of nitrogens with one attached hydrogen (secondary N) is 1. The third-order valence-electron chi connectivity index (χ3n) is 3.34. The van der Waals surface area contributed by atoms with Gasteiger partial charge in [-0.05, 0) is 37.2 Å². The molecule has 4 nitrogen and oxygen atoms in total. The topological polar surface area (TPSA) is 58.4 Å². The van der Waals surface area contributed by atoms with Gasteiger partial charge in [0.25, 0.3) is 5.91 Å². The first-order chi connectivity index (χ1) is 9.19. The second kappa shape index (κ2) is 6.37. The molecule has 0 radical (unpaired) electrons. The molecule has 1 aromatic rings. The standard InChI is InChI=1S/C15H19N3O/c1-2-12-3-5-13(6-4-12)15(19)17-8-10-18-9-7-14(16)11-18/h1,3-6,14H,7-11,16H2,(H,17,19). The van der Waals surface area contributed by atoms with E-state index in [1.807, 2.05) is 0 Å². The lowest BCUT2D eigenvalue weighted by Crippen LogP contribution is -2.35. The average molecular weight is 257 g/mol. The maximum atomic E-state index is 11.9. The summed E-state index contributed by atoms with van der Waals surface area (Å²) in [6, 6.07) is 7.32. The first-order valence-electron chi connectivity index (χ1n) is 6.52. The van der Waals surface area contributed by atoms with Crippen LogP contribution >= 0.6 is 0 Å². The molecule has 1 amide bonds. The van der Waals surface area contributed by atoms with Crippen LogP contribution in [0.4, 0.5) is 0 Å². The van der Waals surface area contributed by atoms with E-state index in [-0.39, 0.29) is 11.9 Å². The smallest absolute Gasteiger partial charge is 0.251 e. The van der Waals surface area contributed by atoms with Crippen molar-refractivity contribution in [1.82, 2.24) is 10.2 Å². The molecule has 0 bridgehead atoms. The highest BCUT2D eigenvalue weighted by Gasteiger charge is 2.18. The fourth-order valence-corrected chi connectivity index (χ4v) is 2.21. The molecule has 1 aromatic carbocycles. The second-order valence-corrected chi connectivity index (χ2v) is 4.83. The molecule has 1 aliphatic rings. The first-order valence-corrected chi connectivity index (χ1v) is 6.52. The Hall–Kier alpha value is -1.83. The van der Waals surface area contributed by atoms with Gasteiger partial charge >= 0.3 is 0 Å². The lowest BCUT2D eigenvalue weighted by atomic mass is 10.1. The number of nitrogens with two attached hydrogens (primary N) is 1. The number of likely N-dealkylation sites (tertiary alicyclic amines) is 1. The number of carbonyl (C=O) groups is 1. The molecular weight excluding hydrogens is 238 g/mol. The zero-order valence-corrected chi connectivity index (χ0v) is 10.9. The van der Waals surface area contributed by atoms with Gasteiger partial charge < -0.3 is 11.1 Å². The minimum absolute atomic E-state index is 0.0629. The fraction of sp³-hybridized carbons (Fsp3) is 0.400. The van der Waals surface area contributed by atoms with Crippen LogP contribution in [-0.2, 0) is 0 Å². The molecule has 4 heteroatoms. The van der Waals surface area contributed by atoms with Crippen LogP contribution in [0.25, 0.3) is 0 Å². The Morgan fingerprint density at radius 3 is 2.79 bits per heavy atom. The SMILES string of the molecule is C#Cc1ccc(C(=O)NCCN2CCC(N)C2)cc1. The number of amides is 1. The zero-order chi connectivity index (χ0) is 13.7. The van der Waals surface area contributed by atoms with E-state index in [9.17, 15) is 4.79 Å². The van der Waals surface area contributed by atoms with Crippen LogP contribution in [0.3, 0.4) is 0 Å². The first kappa shape index (κ1) is 13.6. The Balaban J connectivity index is 1.76. The normalized spacial score (nSPS) is 19.1. The van der Waals surface area contributed by atoms with Crippen molar-refractivity contribution in [2.75, 3.05) is 26.2 Å². The molecule has 1 saturated heterocycles. The van der Waals surface area contributed by atoms with Gasteiger partial charge in [0.2, 0.25) is 0 Å². The molecule has 1 fully saturated rings. The summed E-state index contributed by atoms with van der Waals surface area (Å²) in [5, 5.41) is 2.91. The van der Waals surface area contributed by atoms with Gasteiger partial charge in [-0.25, -0.2) is 0 Å². The van der Waals surface area contributed by atoms with E-state index in [1.54, 1.807) is 24.3 Å². The van der Waals surface area contributed by atoms with Crippen molar-refractivity contribution in [3.05, 3.63) is 35.4 Å². The van der Waals surface area contributed by atoms with E-state index in [0.717, 1.165) is 31.6 Å². The Morgan fingerprint density at radius 2 is 2.21 bits per heavy atom. The van der Waals surface area contributed by atoms with Crippen molar-refractivity contribution in [3.8, 4) is 12.3 Å². The van der Waals surface area contributed by atoms with Gasteiger partial charge in [-0.3, -0.25) is 9.69 Å². The number of hydrogen-bond donors (Lipinski definition) is 2. The number of hydrogen-bond acceptors (Lipinski definition) is 3. The Kier molecular flexibility index (Phi) is 4.56. The van der Waals surface area contributed by atoms with Gasteiger partial charge in [0, 0.05) is 36.8 Å². The van der Waals surface area contributed by atoms with Gasteiger partial charge in [0.1, 0.15) is 0 Å². The van der Waals surface area contributed by atoms with Crippen molar-refractivity contribution < 1.29 is 4.79 Å². The molecular formula is C15H19N3O. The Morgan fingerprint density at radius 1 is 1.47 bits per heavy atom. The number of benzene rings is 1. The summed E-state index contributed by atoms with van der Waals surface area (Å²) in [5.41, 5.74) is 7.25. The van der Waals surface area contributed by atoms with Crippen molar-refractivity contribution in [2.45, 2.75) is 12.5 Å². The molecule has 0 aliphatic carbocycles. The summed E-state index contributed by atoms with van der Waals surface area (Å²) < 4.78 is 0. The van der Waals surface area contributed by atoms with Gasteiger partial charge in [0.15, 0.2) is 0 Å².